The molecule has 0 aliphatic rings. The highest BCUT2D eigenvalue weighted by Gasteiger charge is 2.18. The lowest BCUT2D eigenvalue weighted by atomic mass is 10.1. The number of ether oxygens (including phenoxy) is 1. The van der Waals surface area contributed by atoms with Crippen molar-refractivity contribution in [3.8, 4) is 11.6 Å². The summed E-state index contributed by atoms with van der Waals surface area (Å²) < 4.78 is 5.54. The van der Waals surface area contributed by atoms with Gasteiger partial charge in [0.25, 0.3) is 5.88 Å². The fraction of sp³-hybridized carbons (Fsp3) is 0.231. The normalized spacial score (nSPS) is 10.7. The zero-order valence-corrected chi connectivity index (χ0v) is 13.2. The molecule has 0 spiro atoms. The van der Waals surface area contributed by atoms with Gasteiger partial charge in [-0.15, -0.1) is 5.10 Å². The molecule has 2 rings (SSSR count). The van der Waals surface area contributed by atoms with Gasteiger partial charge in [-0.3, -0.25) is 9.89 Å². The van der Waals surface area contributed by atoms with Gasteiger partial charge in [-0.2, -0.15) is 0 Å². The number of rotatable bonds is 2. The average Bonchev–Trinajstić information content (AvgIpc) is 2.41. The van der Waals surface area contributed by atoms with E-state index in [1.54, 1.807) is 6.92 Å². The number of hydrogen-bond acceptors (Lipinski definition) is 3. The first-order valence-electron chi connectivity index (χ1n) is 5.70. The lowest BCUT2D eigenvalue weighted by Gasteiger charge is -2.15. The second-order valence-corrected chi connectivity index (χ2v) is 5.48. The minimum atomic E-state index is -0.436. The molecule has 0 saturated heterocycles. The third-order valence-electron chi connectivity index (χ3n) is 3.02. The molecular weight excluding hydrogens is 323 g/mol. The maximum atomic E-state index is 11.7. The maximum absolute atomic E-state index is 11.7. The second kappa shape index (κ2) is 5.64. The molecule has 0 fully saturated rings. The molecule has 4 nitrogen and oxygen atoms in total. The van der Waals surface area contributed by atoms with Crippen LogP contribution in [0.15, 0.2) is 10.9 Å². The minimum Gasteiger partial charge on any atom is -0.433 e. The Balaban J connectivity index is 2.57. The van der Waals surface area contributed by atoms with Gasteiger partial charge in [0, 0.05) is 11.1 Å². The minimum absolute atomic E-state index is 0.125. The van der Waals surface area contributed by atoms with Crippen LogP contribution in [0.1, 0.15) is 16.7 Å². The standard InChI is InChI=1S/C13H11Cl3N2O2/c1-5-6(2)12(11(16)7(3)10(5)15)20-13-8(19)4-9(14)17-18-13/h4H,1-3H3,(H,17,19). The van der Waals surface area contributed by atoms with Crippen LogP contribution in [-0.2, 0) is 0 Å². The van der Waals surface area contributed by atoms with E-state index in [2.05, 4.69) is 10.2 Å². The molecule has 0 radical (unpaired) electrons. The van der Waals surface area contributed by atoms with Gasteiger partial charge in [-0.05, 0) is 37.5 Å². The first-order valence-corrected chi connectivity index (χ1v) is 6.84. The highest BCUT2D eigenvalue weighted by atomic mass is 35.5. The highest BCUT2D eigenvalue weighted by molar-refractivity contribution is 6.37. The summed E-state index contributed by atoms with van der Waals surface area (Å²) in [6, 6.07) is 1.18. The Kier molecular flexibility index (Phi) is 4.28. The predicted molar refractivity (Wildman–Crippen MR) is 80.6 cm³/mol. The fourth-order valence-corrected chi connectivity index (χ4v) is 2.41. The summed E-state index contributed by atoms with van der Waals surface area (Å²) in [6.07, 6.45) is 0. The molecule has 7 heteroatoms. The summed E-state index contributed by atoms with van der Waals surface area (Å²) in [6.45, 7) is 5.45. The van der Waals surface area contributed by atoms with Crippen LogP contribution in [0.25, 0.3) is 0 Å². The zero-order valence-electron chi connectivity index (χ0n) is 11.0. The van der Waals surface area contributed by atoms with Crippen LogP contribution in [0.4, 0.5) is 0 Å². The molecule has 0 aliphatic heterocycles. The van der Waals surface area contributed by atoms with E-state index >= 15 is 0 Å². The van der Waals surface area contributed by atoms with Gasteiger partial charge in [0.1, 0.15) is 5.15 Å². The summed E-state index contributed by atoms with van der Waals surface area (Å²) in [7, 11) is 0. The Labute approximate surface area is 130 Å². The van der Waals surface area contributed by atoms with Gasteiger partial charge in [0.15, 0.2) is 5.75 Å². The Morgan fingerprint density at radius 3 is 2.30 bits per heavy atom. The molecule has 0 amide bonds. The van der Waals surface area contributed by atoms with E-state index in [9.17, 15) is 4.79 Å². The van der Waals surface area contributed by atoms with E-state index in [0.717, 1.165) is 11.1 Å². The van der Waals surface area contributed by atoms with Gasteiger partial charge in [0.05, 0.1) is 5.02 Å². The number of nitrogens with one attached hydrogen (secondary N) is 1. The number of nitrogens with zero attached hydrogens (tertiary/aromatic N) is 1. The summed E-state index contributed by atoms with van der Waals surface area (Å²) in [5.74, 6) is 0.243. The summed E-state index contributed by atoms with van der Waals surface area (Å²) in [5, 5.41) is 7.29. The van der Waals surface area contributed by atoms with E-state index in [-0.39, 0.29) is 11.0 Å². The first kappa shape index (κ1) is 15.2. The number of benzene rings is 1. The monoisotopic (exact) mass is 332 g/mol. The highest BCUT2D eigenvalue weighted by Crippen LogP contribution is 2.40. The van der Waals surface area contributed by atoms with Crippen molar-refractivity contribution in [3.63, 3.8) is 0 Å². The number of aromatic nitrogens is 2. The van der Waals surface area contributed by atoms with Crippen LogP contribution in [0, 0.1) is 20.8 Å². The molecule has 1 aromatic carbocycles. The Morgan fingerprint density at radius 2 is 1.70 bits per heavy atom. The quantitative estimate of drug-likeness (QED) is 0.883. The fourth-order valence-electron chi connectivity index (χ4n) is 1.71. The molecule has 2 aromatic rings. The van der Waals surface area contributed by atoms with E-state index in [4.69, 9.17) is 39.5 Å². The first-order chi connectivity index (χ1) is 9.32. The van der Waals surface area contributed by atoms with E-state index < -0.39 is 5.43 Å². The van der Waals surface area contributed by atoms with Crippen molar-refractivity contribution in [2.75, 3.05) is 0 Å². The Hall–Kier alpha value is -1.23. The van der Waals surface area contributed by atoms with E-state index in [0.29, 0.717) is 21.4 Å². The topological polar surface area (TPSA) is 55.0 Å². The molecule has 106 valence electrons. The van der Waals surface area contributed by atoms with E-state index in [1.807, 2.05) is 13.8 Å². The molecule has 0 aliphatic carbocycles. The molecule has 1 heterocycles. The van der Waals surface area contributed by atoms with Crippen LogP contribution < -0.4 is 10.2 Å². The molecule has 0 bridgehead atoms. The van der Waals surface area contributed by atoms with Crippen molar-refractivity contribution in [3.05, 3.63) is 48.2 Å². The van der Waals surface area contributed by atoms with Gasteiger partial charge in [0.2, 0.25) is 5.43 Å². The third kappa shape index (κ3) is 2.64. The van der Waals surface area contributed by atoms with Gasteiger partial charge >= 0.3 is 0 Å². The van der Waals surface area contributed by atoms with Crippen molar-refractivity contribution in [1.29, 1.82) is 0 Å². The number of halogens is 3. The molecule has 0 atom stereocenters. The summed E-state index contributed by atoms with van der Waals surface area (Å²) in [5.41, 5.74) is 1.85. The third-order valence-corrected chi connectivity index (χ3v) is 4.24. The molecular formula is C13H11Cl3N2O2. The van der Waals surface area contributed by atoms with Gasteiger partial charge in [-0.25, -0.2) is 0 Å². The summed E-state index contributed by atoms with van der Waals surface area (Å²) in [4.78, 5) is 11.7. The number of hydrogen-bond donors (Lipinski definition) is 1. The SMILES string of the molecule is Cc1c(C)c(Oc2n[nH]c(Cl)cc2=O)c(Cl)c(C)c1Cl. The zero-order chi connectivity index (χ0) is 15.0. The second-order valence-electron chi connectivity index (χ2n) is 4.32. The molecule has 1 aromatic heterocycles. The Morgan fingerprint density at radius 1 is 1.05 bits per heavy atom. The lowest BCUT2D eigenvalue weighted by molar-refractivity contribution is 0.446. The lowest BCUT2D eigenvalue weighted by Crippen LogP contribution is -2.08. The van der Waals surface area contributed by atoms with Gasteiger partial charge in [-0.1, -0.05) is 34.8 Å². The maximum Gasteiger partial charge on any atom is 0.285 e. The van der Waals surface area contributed by atoms with Crippen molar-refractivity contribution in [2.45, 2.75) is 20.8 Å². The molecule has 0 saturated carbocycles. The van der Waals surface area contributed by atoms with Crippen LogP contribution in [0.5, 0.6) is 11.6 Å². The smallest absolute Gasteiger partial charge is 0.285 e. The van der Waals surface area contributed by atoms with Crippen LogP contribution in [0.2, 0.25) is 15.2 Å². The Bertz CT molecular complexity index is 712. The van der Waals surface area contributed by atoms with Crippen LogP contribution in [0.3, 0.4) is 0 Å². The van der Waals surface area contributed by atoms with Crippen molar-refractivity contribution < 1.29 is 4.74 Å². The molecule has 1 N–H and O–H groups in total. The number of H-pyrrole nitrogens is 1. The average molecular weight is 334 g/mol. The molecule has 0 unspecified atom stereocenters. The van der Waals surface area contributed by atoms with E-state index in [1.165, 1.54) is 6.07 Å². The molecule has 20 heavy (non-hydrogen) atoms. The van der Waals surface area contributed by atoms with Crippen LogP contribution >= 0.6 is 34.8 Å². The summed E-state index contributed by atoms with van der Waals surface area (Å²) >= 11 is 18.0. The van der Waals surface area contributed by atoms with Crippen LogP contribution in [-0.4, -0.2) is 10.2 Å². The predicted octanol–water partition coefficient (Wildman–Crippen LogP) is 4.45. The van der Waals surface area contributed by atoms with Crippen molar-refractivity contribution in [1.82, 2.24) is 10.2 Å². The van der Waals surface area contributed by atoms with Crippen molar-refractivity contribution in [2.24, 2.45) is 0 Å². The van der Waals surface area contributed by atoms with Crippen molar-refractivity contribution >= 4 is 34.8 Å². The van der Waals surface area contributed by atoms with Gasteiger partial charge < -0.3 is 4.74 Å². The number of aromatic amines is 1. The largest absolute Gasteiger partial charge is 0.433 e.